The summed E-state index contributed by atoms with van der Waals surface area (Å²) in [5.74, 6) is -0.437. The van der Waals surface area contributed by atoms with Gasteiger partial charge in [0.1, 0.15) is 6.10 Å². The lowest BCUT2D eigenvalue weighted by molar-refractivity contribution is -0.144. The number of unbranched alkanes of at least 4 members (excludes halogenated alkanes) is 3. The van der Waals surface area contributed by atoms with E-state index < -0.39 is 0 Å². The van der Waals surface area contributed by atoms with Crippen LogP contribution in [0.1, 0.15) is 65.2 Å². The third-order valence-electron chi connectivity index (χ3n) is 4.81. The highest BCUT2D eigenvalue weighted by molar-refractivity contribution is 5.95. The molecule has 0 aromatic heterocycles. The molecule has 0 spiro atoms. The quantitative estimate of drug-likeness (QED) is 0.259. The van der Waals surface area contributed by atoms with Gasteiger partial charge >= 0.3 is 11.9 Å². The molecule has 156 valence electrons. The molecule has 0 saturated heterocycles. The second-order valence-electron chi connectivity index (χ2n) is 7.15. The van der Waals surface area contributed by atoms with Gasteiger partial charge in [0.05, 0.1) is 7.11 Å². The summed E-state index contributed by atoms with van der Waals surface area (Å²) in [4.78, 5) is 34.6. The molecule has 0 fully saturated rings. The van der Waals surface area contributed by atoms with Gasteiger partial charge in [0, 0.05) is 25.2 Å². The lowest BCUT2D eigenvalue weighted by atomic mass is 9.90. The fraction of sp³-hybridized carbons (Fsp3) is 0.609. The van der Waals surface area contributed by atoms with Gasteiger partial charge in [-0.2, -0.15) is 0 Å². The van der Waals surface area contributed by atoms with Gasteiger partial charge in [0.25, 0.3) is 0 Å². The zero-order valence-corrected chi connectivity index (χ0v) is 17.4. The molecule has 1 aliphatic carbocycles. The van der Waals surface area contributed by atoms with Gasteiger partial charge in [-0.05, 0) is 44.3 Å². The van der Waals surface area contributed by atoms with Crippen LogP contribution < -0.4 is 0 Å². The molecule has 5 heteroatoms. The van der Waals surface area contributed by atoms with Crippen LogP contribution in [0.4, 0.5) is 0 Å². The average molecular weight is 391 g/mol. The number of hydrogen-bond donors (Lipinski definition) is 0. The maximum atomic E-state index is 12.2. The van der Waals surface area contributed by atoms with Crippen LogP contribution in [-0.2, 0) is 23.9 Å². The van der Waals surface area contributed by atoms with Gasteiger partial charge in [0.15, 0.2) is 5.78 Å². The highest BCUT2D eigenvalue weighted by Gasteiger charge is 2.27. The zero-order valence-electron chi connectivity index (χ0n) is 17.4. The Morgan fingerprint density at radius 2 is 2.00 bits per heavy atom. The number of methoxy groups -OCH3 is 1. The Kier molecular flexibility index (Phi) is 11.9. The predicted molar refractivity (Wildman–Crippen MR) is 110 cm³/mol. The minimum Gasteiger partial charge on any atom is -0.469 e. The Bertz CT molecular complexity index is 588. The maximum absolute atomic E-state index is 12.2. The van der Waals surface area contributed by atoms with E-state index >= 15 is 0 Å². The summed E-state index contributed by atoms with van der Waals surface area (Å²) in [7, 11) is 1.39. The second kappa shape index (κ2) is 13.9. The molecule has 0 bridgehead atoms. The Hall–Kier alpha value is -2.17. The summed E-state index contributed by atoms with van der Waals surface area (Å²) in [5, 5.41) is 0. The van der Waals surface area contributed by atoms with Crippen LogP contribution in [0.15, 0.2) is 36.5 Å². The summed E-state index contributed by atoms with van der Waals surface area (Å²) < 4.78 is 10.00. The first kappa shape index (κ1) is 23.9. The van der Waals surface area contributed by atoms with Gasteiger partial charge in [-0.25, -0.2) is 0 Å². The molecule has 0 amide bonds. The molecule has 0 aromatic carbocycles. The van der Waals surface area contributed by atoms with Gasteiger partial charge in [-0.3, -0.25) is 14.4 Å². The number of rotatable bonds is 13. The molecular formula is C23H34O5. The topological polar surface area (TPSA) is 69.7 Å². The number of ether oxygens (including phenoxy) is 2. The summed E-state index contributed by atoms with van der Waals surface area (Å²) in [6.45, 7) is 3.56. The second-order valence-corrected chi connectivity index (χ2v) is 7.15. The summed E-state index contributed by atoms with van der Waals surface area (Å²) in [6.07, 6.45) is 17.9. The first-order valence-corrected chi connectivity index (χ1v) is 10.3. The number of esters is 2. The molecule has 0 unspecified atom stereocenters. The van der Waals surface area contributed by atoms with E-state index in [4.69, 9.17) is 4.74 Å². The van der Waals surface area contributed by atoms with Crippen LogP contribution in [0.5, 0.6) is 0 Å². The summed E-state index contributed by atoms with van der Waals surface area (Å²) in [5.41, 5.74) is 0. The largest absolute Gasteiger partial charge is 0.469 e. The van der Waals surface area contributed by atoms with Crippen molar-refractivity contribution in [3.05, 3.63) is 36.5 Å². The Morgan fingerprint density at radius 3 is 2.68 bits per heavy atom. The van der Waals surface area contributed by atoms with Crippen LogP contribution in [-0.4, -0.2) is 30.9 Å². The maximum Gasteiger partial charge on any atom is 0.305 e. The van der Waals surface area contributed by atoms with Crippen molar-refractivity contribution in [1.82, 2.24) is 0 Å². The highest BCUT2D eigenvalue weighted by atomic mass is 16.5. The van der Waals surface area contributed by atoms with Crippen LogP contribution in [0, 0.1) is 11.8 Å². The number of carbonyl (C=O) groups is 3. The number of hydrogen-bond acceptors (Lipinski definition) is 5. The van der Waals surface area contributed by atoms with Crippen LogP contribution in [0.3, 0.4) is 0 Å². The molecule has 0 saturated carbocycles. The first-order valence-electron chi connectivity index (χ1n) is 10.3. The minimum atomic E-state index is -0.282. The van der Waals surface area contributed by atoms with Gasteiger partial charge in [0.2, 0.25) is 0 Å². The average Bonchev–Trinajstić information content (AvgIpc) is 3.01. The predicted octanol–water partition coefficient (Wildman–Crippen LogP) is 4.72. The molecule has 0 aliphatic heterocycles. The SMILES string of the molecule is CCCCC[C@@H](/C=C/[C@H]1C=CC(=O)[C@@H]1C/C=C/CCCC(=O)OC)OC(C)=O. The molecule has 0 heterocycles. The van der Waals surface area contributed by atoms with Gasteiger partial charge in [-0.15, -0.1) is 0 Å². The normalized spacial score (nSPS) is 20.2. The molecule has 1 rings (SSSR count). The Labute approximate surface area is 168 Å². The fourth-order valence-electron chi connectivity index (χ4n) is 3.21. The Morgan fingerprint density at radius 1 is 1.21 bits per heavy atom. The van der Waals surface area contributed by atoms with E-state index in [0.717, 1.165) is 38.5 Å². The number of allylic oxidation sites excluding steroid dienone is 5. The molecule has 28 heavy (non-hydrogen) atoms. The van der Waals surface area contributed by atoms with E-state index in [1.807, 2.05) is 30.4 Å². The van der Waals surface area contributed by atoms with Crippen molar-refractivity contribution in [2.24, 2.45) is 11.8 Å². The zero-order chi connectivity index (χ0) is 20.8. The third-order valence-corrected chi connectivity index (χ3v) is 4.81. The fourth-order valence-corrected chi connectivity index (χ4v) is 3.21. The van der Waals surface area contributed by atoms with E-state index in [-0.39, 0.29) is 35.7 Å². The van der Waals surface area contributed by atoms with Gasteiger partial charge < -0.3 is 9.47 Å². The van der Waals surface area contributed by atoms with E-state index in [0.29, 0.717) is 12.8 Å². The van der Waals surface area contributed by atoms with Crippen molar-refractivity contribution in [1.29, 1.82) is 0 Å². The number of carbonyl (C=O) groups excluding carboxylic acids is 3. The standard InChI is InChI=1S/C23H34O5/c1-4-5-8-11-20(28-18(2)24)16-14-19-15-17-22(25)21(19)12-9-6-7-10-13-23(26)27-3/h6,9,14-17,19-21H,4-5,7-8,10-13H2,1-3H3/b9-6+,16-14+/t19-,20-,21+/m0/s1. The van der Waals surface area contributed by atoms with E-state index in [1.165, 1.54) is 14.0 Å². The van der Waals surface area contributed by atoms with Crippen molar-refractivity contribution < 1.29 is 23.9 Å². The van der Waals surface area contributed by atoms with Crippen molar-refractivity contribution in [2.75, 3.05) is 7.11 Å². The van der Waals surface area contributed by atoms with E-state index in [9.17, 15) is 14.4 Å². The Balaban J connectivity index is 2.53. The van der Waals surface area contributed by atoms with Crippen LogP contribution in [0.2, 0.25) is 0 Å². The van der Waals surface area contributed by atoms with Gasteiger partial charge in [-0.1, -0.05) is 44.1 Å². The molecule has 0 N–H and O–H groups in total. The third kappa shape index (κ3) is 9.67. The lowest BCUT2D eigenvalue weighted by Gasteiger charge is -2.16. The molecule has 3 atom stereocenters. The van der Waals surface area contributed by atoms with Crippen LogP contribution >= 0.6 is 0 Å². The highest BCUT2D eigenvalue weighted by Crippen LogP contribution is 2.28. The molecule has 1 aliphatic rings. The summed E-state index contributed by atoms with van der Waals surface area (Å²) >= 11 is 0. The van der Waals surface area contributed by atoms with E-state index in [2.05, 4.69) is 11.7 Å². The first-order chi connectivity index (χ1) is 13.5. The molecule has 5 nitrogen and oxygen atoms in total. The number of ketones is 1. The minimum absolute atomic E-state index is 0.0245. The lowest BCUT2D eigenvalue weighted by Crippen LogP contribution is -2.16. The summed E-state index contributed by atoms with van der Waals surface area (Å²) in [6, 6.07) is 0. The van der Waals surface area contributed by atoms with Crippen molar-refractivity contribution in [3.8, 4) is 0 Å². The molecule has 0 aromatic rings. The molecule has 0 radical (unpaired) electrons. The van der Waals surface area contributed by atoms with E-state index in [1.54, 1.807) is 6.08 Å². The van der Waals surface area contributed by atoms with Crippen molar-refractivity contribution in [2.45, 2.75) is 71.3 Å². The molecular weight excluding hydrogens is 356 g/mol. The monoisotopic (exact) mass is 390 g/mol. The van der Waals surface area contributed by atoms with Crippen molar-refractivity contribution in [3.63, 3.8) is 0 Å². The smallest absolute Gasteiger partial charge is 0.305 e. The van der Waals surface area contributed by atoms with Crippen molar-refractivity contribution >= 4 is 17.7 Å². The van der Waals surface area contributed by atoms with Crippen LogP contribution in [0.25, 0.3) is 0 Å².